The summed E-state index contributed by atoms with van der Waals surface area (Å²) in [6.07, 6.45) is 0. The molecule has 124 valence electrons. The molecule has 0 saturated carbocycles. The third kappa shape index (κ3) is 0.130. The van der Waals surface area contributed by atoms with Crippen LogP contribution in [0.2, 0.25) is 37.2 Å². The van der Waals surface area contributed by atoms with E-state index in [1.54, 1.807) is 0 Å². The van der Waals surface area contributed by atoms with Crippen molar-refractivity contribution >= 4 is 0 Å². The predicted molar refractivity (Wildman–Crippen MR) is 95.5 cm³/mol. The predicted octanol–water partition coefficient (Wildman–Crippen LogP) is 6.37. The van der Waals surface area contributed by atoms with Crippen molar-refractivity contribution in [3.8, 4) is 0 Å². The molecule has 1 heteroatoms. The van der Waals surface area contributed by atoms with Crippen LogP contribution in [-0.4, -0.2) is 0 Å². The van der Waals surface area contributed by atoms with Gasteiger partial charge in [0.15, 0.2) is 0 Å². The van der Waals surface area contributed by atoms with Crippen LogP contribution >= 0.6 is 0 Å². The SMILES string of the molecule is C[C]12[CH]3[CH]4[C]5(c6ccccc6)[CH]1[Cr]34251678[CH]2[CH]1[C]6(c1ccccc1)[CH]7[C]28C. The summed E-state index contributed by atoms with van der Waals surface area (Å²) in [5.41, 5.74) is 3.68. The third-order valence-corrected chi connectivity index (χ3v) is 74.7. The summed E-state index contributed by atoms with van der Waals surface area (Å²) >= 11 is 0. The Hall–Kier alpha value is -1.03. The van der Waals surface area contributed by atoms with Gasteiger partial charge in [0.05, 0.1) is 0 Å². The molecule has 2 aromatic rings. The van der Waals surface area contributed by atoms with E-state index in [0.29, 0.717) is 0 Å². The second kappa shape index (κ2) is 1.07. The fourth-order valence-electron chi connectivity index (χ4n) is 25.8. The van der Waals surface area contributed by atoms with E-state index in [-0.39, 0.29) is 0 Å². The first-order valence-electron chi connectivity index (χ1n) is 10.5. The molecule has 25 heavy (non-hydrogen) atoms. The van der Waals surface area contributed by atoms with E-state index >= 15 is 0 Å². The Kier molecular flexibility index (Phi) is 0.441. The van der Waals surface area contributed by atoms with Gasteiger partial charge in [0.1, 0.15) is 0 Å². The van der Waals surface area contributed by atoms with Gasteiger partial charge in [-0.05, 0) is 0 Å². The minimum absolute atomic E-state index is 0.790. The summed E-state index contributed by atoms with van der Waals surface area (Å²) in [4.78, 5) is 0. The first kappa shape index (κ1) is 10.3. The maximum atomic E-state index is 2.86. The van der Waals surface area contributed by atoms with Crippen molar-refractivity contribution in [3.05, 3.63) is 71.8 Å². The van der Waals surface area contributed by atoms with Gasteiger partial charge in [0, 0.05) is 0 Å². The summed E-state index contributed by atoms with van der Waals surface area (Å²) in [6.45, 7) is 1.83. The van der Waals surface area contributed by atoms with Gasteiger partial charge in [-0.15, -0.1) is 0 Å². The molecule has 10 unspecified atom stereocenters. The van der Waals surface area contributed by atoms with Crippen molar-refractivity contribution in [2.24, 2.45) is 0 Å². The Balaban J connectivity index is 1.44. The summed E-state index contributed by atoms with van der Waals surface area (Å²) in [7, 11) is 0. The average Bonchev–Trinajstić information content (AvgIpc) is 3.60. The van der Waals surface area contributed by atoms with Crippen molar-refractivity contribution < 1.29 is 6.65 Å². The molecule has 0 nitrogen and oxygen atoms in total. The van der Waals surface area contributed by atoms with E-state index < -0.39 is 6.65 Å². The zero-order valence-electron chi connectivity index (χ0n) is 14.6. The van der Waals surface area contributed by atoms with Crippen molar-refractivity contribution in [2.75, 3.05) is 0 Å². The molecule has 12 rings (SSSR count). The summed E-state index contributed by atoms with van der Waals surface area (Å²) in [5, 5.41) is 0. The standard InChI is InChI=1S/2C12H11.Cr/c2*1-10-7-8-12(9-10)11-5-3-2-4-6-11;/h2*2-9H,1H3;. The van der Waals surface area contributed by atoms with E-state index in [9.17, 15) is 0 Å². The zero-order valence-corrected chi connectivity index (χ0v) is 15.9. The van der Waals surface area contributed by atoms with Crippen molar-refractivity contribution in [1.82, 2.24) is 0 Å². The van der Waals surface area contributed by atoms with Gasteiger partial charge < -0.3 is 0 Å². The molecule has 10 atom stereocenters. The maximum absolute atomic E-state index is 3.89. The van der Waals surface area contributed by atoms with Crippen LogP contribution in [0.15, 0.2) is 60.7 Å². The van der Waals surface area contributed by atoms with Crippen molar-refractivity contribution in [2.45, 2.75) is 59.6 Å². The van der Waals surface area contributed by atoms with Gasteiger partial charge >= 0.3 is 138 Å². The van der Waals surface area contributed by atoms with Crippen LogP contribution in [0.4, 0.5) is 0 Å². The fraction of sp³-hybridized carbons (Fsp3) is 0.500. The second-order valence-electron chi connectivity index (χ2n) is 14.6. The Morgan fingerprint density at radius 2 is 1.00 bits per heavy atom. The first-order chi connectivity index (χ1) is 11.9. The second-order valence-corrected chi connectivity index (χ2v) is 41.2. The summed E-state index contributed by atoms with van der Waals surface area (Å²) in [5.74, 6) is 0. The molecular formula is C24H22Cr. The van der Waals surface area contributed by atoms with E-state index in [4.69, 9.17) is 0 Å². The normalized spacial score (nSPS) is 93.5. The Labute approximate surface area is 138 Å². The van der Waals surface area contributed by atoms with Crippen LogP contribution in [-0.2, 0) is 15.2 Å². The zero-order chi connectivity index (χ0) is 16.0. The minimum atomic E-state index is -3.89. The summed E-state index contributed by atoms with van der Waals surface area (Å²) < 4.78 is 10.9. The van der Waals surface area contributed by atoms with Gasteiger partial charge in [-0.2, -0.15) is 0 Å². The first-order valence-corrected chi connectivity index (χ1v) is 17.5. The number of hydrogen-bond acceptors (Lipinski definition) is 0. The molecule has 1 spiro atoms. The quantitative estimate of drug-likeness (QED) is 0.582. The molecule has 0 amide bonds. The van der Waals surface area contributed by atoms with Crippen LogP contribution < -0.4 is 0 Å². The van der Waals surface area contributed by atoms with Gasteiger partial charge in [-0.3, -0.25) is 0 Å². The van der Waals surface area contributed by atoms with Crippen LogP contribution in [0.1, 0.15) is 25.0 Å². The molecule has 0 bridgehead atoms. The Morgan fingerprint density at radius 1 is 0.600 bits per heavy atom. The number of benzene rings is 2. The molecule has 0 aromatic heterocycles. The van der Waals surface area contributed by atoms with E-state index in [1.165, 1.54) is 28.7 Å². The van der Waals surface area contributed by atoms with Gasteiger partial charge in [-0.1, -0.05) is 0 Å². The number of rotatable bonds is 2. The van der Waals surface area contributed by atoms with Crippen molar-refractivity contribution in [3.63, 3.8) is 0 Å². The average molecular weight is 362 g/mol. The molecule has 0 aliphatic carbocycles. The molecule has 2 aromatic carbocycles. The van der Waals surface area contributed by atoms with Crippen LogP contribution in [0.3, 0.4) is 0 Å². The third-order valence-electron chi connectivity index (χ3n) is 21.2. The molecule has 0 radical (unpaired) electrons. The van der Waals surface area contributed by atoms with E-state index in [1.807, 2.05) is 11.1 Å². The molecule has 10 fully saturated rings. The van der Waals surface area contributed by atoms with Crippen molar-refractivity contribution in [1.29, 1.82) is 0 Å². The molecule has 10 aliphatic rings. The monoisotopic (exact) mass is 362 g/mol. The molecule has 10 aliphatic heterocycles. The molecular weight excluding hydrogens is 340 g/mol. The van der Waals surface area contributed by atoms with Crippen LogP contribution in [0.25, 0.3) is 0 Å². The molecule has 10 heterocycles. The van der Waals surface area contributed by atoms with Gasteiger partial charge in [0.25, 0.3) is 0 Å². The molecule has 0 N–H and O–H groups in total. The Morgan fingerprint density at radius 3 is 1.28 bits per heavy atom. The van der Waals surface area contributed by atoms with Crippen LogP contribution in [0, 0.1) is 0 Å². The van der Waals surface area contributed by atoms with Gasteiger partial charge in [-0.25, -0.2) is 0 Å². The molecule has 10 saturated heterocycles. The Bertz CT molecular complexity index is 1520. The topological polar surface area (TPSA) is 0 Å². The van der Waals surface area contributed by atoms with E-state index in [0.717, 1.165) is 17.1 Å². The van der Waals surface area contributed by atoms with E-state index in [2.05, 4.69) is 74.5 Å². The number of fused-ring (bicyclic) bond motifs is 10. The fourth-order valence-corrected chi connectivity index (χ4v) is 126. The number of hydrogen-bond donors (Lipinski definition) is 0. The summed E-state index contributed by atoms with van der Waals surface area (Å²) in [6, 6.07) is 24.1. The van der Waals surface area contributed by atoms with Crippen LogP contribution in [0.5, 0.6) is 0 Å². The van der Waals surface area contributed by atoms with Gasteiger partial charge in [0.2, 0.25) is 0 Å².